The molecule has 1 amide bonds. The second-order valence-corrected chi connectivity index (χ2v) is 2.78. The first-order chi connectivity index (χ1) is 6.60. The molecule has 0 aliphatic rings. The Morgan fingerprint density at radius 2 is 2.07 bits per heavy atom. The van der Waals surface area contributed by atoms with Gasteiger partial charge in [-0.2, -0.15) is 0 Å². The maximum atomic E-state index is 10.4. The monoisotopic (exact) mass is 203 g/mol. The lowest BCUT2D eigenvalue weighted by molar-refractivity contribution is -0.116. The molecule has 0 aromatic rings. The molecule has 0 spiro atoms. The zero-order valence-corrected chi connectivity index (χ0v) is 8.50. The van der Waals surface area contributed by atoms with E-state index < -0.39 is 5.91 Å². The van der Waals surface area contributed by atoms with E-state index in [0.29, 0.717) is 13.1 Å². The molecule has 6 nitrogen and oxygen atoms in total. The highest BCUT2D eigenvalue weighted by Crippen LogP contribution is 1.87. The fourth-order valence-corrected chi connectivity index (χ4v) is 0.877. The molecular formula is C8H17N3O3. The highest BCUT2D eigenvalue weighted by molar-refractivity contribution is 5.99. The summed E-state index contributed by atoms with van der Waals surface area (Å²) in [5, 5.41) is 10.2. The zero-order valence-electron chi connectivity index (χ0n) is 8.50. The van der Waals surface area contributed by atoms with E-state index in [1.807, 2.05) is 0 Å². The van der Waals surface area contributed by atoms with Gasteiger partial charge >= 0.3 is 0 Å². The van der Waals surface area contributed by atoms with E-state index in [4.69, 9.17) is 20.6 Å². The lowest BCUT2D eigenvalue weighted by atomic mass is 10.2. The Labute approximate surface area is 83.3 Å². The summed E-state index contributed by atoms with van der Waals surface area (Å²) in [4.78, 5) is 10.4. The molecule has 0 atom stereocenters. The Bertz CT molecular complexity index is 192. The van der Waals surface area contributed by atoms with Crippen LogP contribution >= 0.6 is 0 Å². The van der Waals surface area contributed by atoms with Crippen LogP contribution in [0.3, 0.4) is 0 Å². The minimum Gasteiger partial charge on any atom is -0.369 e. The number of carbonyl (C=O) groups is 1. The van der Waals surface area contributed by atoms with E-state index in [-0.39, 0.29) is 18.4 Å². The molecule has 0 bridgehead atoms. The number of hydrogen-bond acceptors (Lipinski definition) is 5. The lowest BCUT2D eigenvalue weighted by Gasteiger charge is -2.13. The van der Waals surface area contributed by atoms with Gasteiger partial charge in [-0.05, 0) is 0 Å². The first kappa shape index (κ1) is 13.0. The summed E-state index contributed by atoms with van der Waals surface area (Å²) in [6.07, 6.45) is -0.353. The van der Waals surface area contributed by atoms with Gasteiger partial charge < -0.3 is 25.9 Å². The highest BCUT2D eigenvalue weighted by Gasteiger charge is 2.05. The normalized spacial score (nSPS) is 10.5. The Balaban J connectivity index is 3.52. The third-order valence-electron chi connectivity index (χ3n) is 1.56. The average Bonchev–Trinajstić information content (AvgIpc) is 2.11. The van der Waals surface area contributed by atoms with Crippen LogP contribution in [0.4, 0.5) is 0 Å². The van der Waals surface area contributed by atoms with Crippen molar-refractivity contribution in [2.75, 3.05) is 27.3 Å². The van der Waals surface area contributed by atoms with Gasteiger partial charge in [0.25, 0.3) is 0 Å². The summed E-state index contributed by atoms with van der Waals surface area (Å²) in [7, 11) is 3.06. The van der Waals surface area contributed by atoms with Gasteiger partial charge in [0, 0.05) is 33.0 Å². The first-order valence-corrected chi connectivity index (χ1v) is 4.21. The van der Waals surface area contributed by atoms with Gasteiger partial charge in [-0.1, -0.05) is 0 Å². The maximum Gasteiger partial charge on any atom is 0.223 e. The zero-order chi connectivity index (χ0) is 11.0. The molecule has 0 aliphatic carbocycles. The Kier molecular flexibility index (Phi) is 6.91. The first-order valence-electron chi connectivity index (χ1n) is 4.21. The number of rotatable bonds is 8. The van der Waals surface area contributed by atoms with Crippen molar-refractivity contribution in [2.45, 2.75) is 12.7 Å². The summed E-state index contributed by atoms with van der Waals surface area (Å²) < 4.78 is 9.83. The van der Waals surface area contributed by atoms with Gasteiger partial charge in [0.1, 0.15) is 0 Å². The Hall–Kier alpha value is -0.980. The van der Waals surface area contributed by atoms with E-state index in [1.54, 1.807) is 0 Å². The molecular weight excluding hydrogens is 186 g/mol. The standard InChI is InChI=1S/C8H17N3O3/c1-13-8(14-2)5-11-4-6(9)3-7(10)12/h8-9,11H,3-5H2,1-2H3,(H2,10,12). The molecule has 82 valence electrons. The number of hydrogen-bond donors (Lipinski definition) is 3. The number of methoxy groups -OCH3 is 2. The van der Waals surface area contributed by atoms with Crippen LogP contribution in [0.15, 0.2) is 0 Å². The summed E-state index contributed by atoms with van der Waals surface area (Å²) in [6, 6.07) is 0. The van der Waals surface area contributed by atoms with E-state index in [2.05, 4.69) is 5.32 Å². The van der Waals surface area contributed by atoms with Crippen molar-refractivity contribution in [3.05, 3.63) is 0 Å². The van der Waals surface area contributed by atoms with Crippen molar-refractivity contribution in [3.63, 3.8) is 0 Å². The van der Waals surface area contributed by atoms with Crippen LogP contribution in [0, 0.1) is 5.41 Å². The molecule has 0 saturated heterocycles. The topological polar surface area (TPSA) is 97.4 Å². The third kappa shape index (κ3) is 6.53. The minimum atomic E-state index is -0.494. The molecule has 0 aromatic carbocycles. The van der Waals surface area contributed by atoms with Crippen LogP contribution in [0.2, 0.25) is 0 Å². The molecule has 0 heterocycles. The van der Waals surface area contributed by atoms with Crippen LogP contribution in [-0.2, 0) is 14.3 Å². The fraction of sp³-hybridized carbons (Fsp3) is 0.750. The van der Waals surface area contributed by atoms with Crippen LogP contribution in [0.1, 0.15) is 6.42 Å². The van der Waals surface area contributed by atoms with Crippen molar-refractivity contribution < 1.29 is 14.3 Å². The number of carbonyl (C=O) groups excluding carboxylic acids is 1. The van der Waals surface area contributed by atoms with Crippen LogP contribution < -0.4 is 11.1 Å². The van der Waals surface area contributed by atoms with Gasteiger partial charge in [-0.3, -0.25) is 4.79 Å². The number of primary amides is 1. The highest BCUT2D eigenvalue weighted by atomic mass is 16.7. The molecule has 14 heavy (non-hydrogen) atoms. The number of amides is 1. The largest absolute Gasteiger partial charge is 0.369 e. The van der Waals surface area contributed by atoms with E-state index in [9.17, 15) is 4.79 Å². The average molecular weight is 203 g/mol. The van der Waals surface area contributed by atoms with Crippen LogP contribution in [-0.4, -0.2) is 45.2 Å². The molecule has 0 saturated carbocycles. The minimum absolute atomic E-state index is 0.0162. The smallest absolute Gasteiger partial charge is 0.223 e. The van der Waals surface area contributed by atoms with Crippen molar-refractivity contribution in [3.8, 4) is 0 Å². The molecule has 0 radical (unpaired) electrons. The molecule has 0 fully saturated rings. The van der Waals surface area contributed by atoms with Crippen LogP contribution in [0.25, 0.3) is 0 Å². The molecule has 6 heteroatoms. The van der Waals surface area contributed by atoms with Crippen LogP contribution in [0.5, 0.6) is 0 Å². The fourth-order valence-electron chi connectivity index (χ4n) is 0.877. The Morgan fingerprint density at radius 1 is 1.50 bits per heavy atom. The molecule has 0 rings (SSSR count). The van der Waals surface area contributed by atoms with Gasteiger partial charge in [0.05, 0.1) is 6.42 Å². The summed E-state index contributed by atoms with van der Waals surface area (Å²) in [5.74, 6) is -0.494. The second kappa shape index (κ2) is 7.43. The molecule has 0 unspecified atom stereocenters. The molecule has 0 aromatic heterocycles. The van der Waals surface area contributed by atoms with E-state index in [0.717, 1.165) is 0 Å². The summed E-state index contributed by atoms with van der Waals surface area (Å²) in [5.41, 5.74) is 5.17. The van der Waals surface area contributed by atoms with E-state index in [1.165, 1.54) is 14.2 Å². The molecule has 4 N–H and O–H groups in total. The SMILES string of the molecule is COC(CNCC(=N)CC(N)=O)OC. The lowest BCUT2D eigenvalue weighted by Crippen LogP contribution is -2.34. The predicted octanol–water partition coefficient (Wildman–Crippen LogP) is -0.910. The van der Waals surface area contributed by atoms with Gasteiger partial charge in [0.2, 0.25) is 5.91 Å². The second-order valence-electron chi connectivity index (χ2n) is 2.78. The van der Waals surface area contributed by atoms with Crippen molar-refractivity contribution in [1.29, 1.82) is 5.41 Å². The van der Waals surface area contributed by atoms with Gasteiger partial charge in [-0.15, -0.1) is 0 Å². The molecule has 0 aliphatic heterocycles. The van der Waals surface area contributed by atoms with Crippen molar-refractivity contribution >= 4 is 11.6 Å². The predicted molar refractivity (Wildman–Crippen MR) is 52.2 cm³/mol. The van der Waals surface area contributed by atoms with Crippen molar-refractivity contribution in [1.82, 2.24) is 5.32 Å². The van der Waals surface area contributed by atoms with Crippen molar-refractivity contribution in [2.24, 2.45) is 5.73 Å². The third-order valence-corrected chi connectivity index (χ3v) is 1.56. The summed E-state index contributed by atoms with van der Waals surface area (Å²) >= 11 is 0. The summed E-state index contributed by atoms with van der Waals surface area (Å²) in [6.45, 7) is 0.778. The Morgan fingerprint density at radius 3 is 2.50 bits per heavy atom. The number of nitrogens with two attached hydrogens (primary N) is 1. The number of nitrogens with one attached hydrogen (secondary N) is 2. The maximum absolute atomic E-state index is 10.4. The van der Waals surface area contributed by atoms with Gasteiger partial charge in [0.15, 0.2) is 6.29 Å². The number of ether oxygens (including phenoxy) is 2. The van der Waals surface area contributed by atoms with Gasteiger partial charge in [-0.25, -0.2) is 0 Å². The quantitative estimate of drug-likeness (QED) is 0.351. The van der Waals surface area contributed by atoms with E-state index >= 15 is 0 Å².